The summed E-state index contributed by atoms with van der Waals surface area (Å²) in [5.74, 6) is 0.830. The third kappa shape index (κ3) is 4.75. The summed E-state index contributed by atoms with van der Waals surface area (Å²) < 4.78 is 45.6. The monoisotopic (exact) mass is 393 g/mol. The number of aromatic nitrogens is 2. The van der Waals surface area contributed by atoms with E-state index in [1.165, 1.54) is 6.42 Å². The van der Waals surface area contributed by atoms with Gasteiger partial charge in [-0.25, -0.2) is 4.98 Å². The van der Waals surface area contributed by atoms with Crippen LogP contribution in [0.2, 0.25) is 0 Å². The highest BCUT2D eigenvalue weighted by atomic mass is 19.4. The van der Waals surface area contributed by atoms with Crippen LogP contribution in [0.5, 0.6) is 0 Å². The van der Waals surface area contributed by atoms with E-state index in [9.17, 15) is 13.2 Å². The first-order chi connectivity index (χ1) is 13.5. The minimum Gasteiger partial charge on any atom is -0.377 e. The average Bonchev–Trinajstić information content (AvgIpc) is 3.34. The smallest absolute Gasteiger partial charge is 0.377 e. The van der Waals surface area contributed by atoms with E-state index in [-0.39, 0.29) is 5.56 Å². The highest BCUT2D eigenvalue weighted by Gasteiger charge is 2.28. The fourth-order valence-electron chi connectivity index (χ4n) is 4.29. The molecule has 152 valence electrons. The fourth-order valence-corrected chi connectivity index (χ4v) is 4.29. The van der Waals surface area contributed by atoms with Gasteiger partial charge in [-0.1, -0.05) is 24.3 Å². The van der Waals surface area contributed by atoms with Gasteiger partial charge in [0, 0.05) is 50.2 Å². The first-order valence-electron chi connectivity index (χ1n) is 10.0. The van der Waals surface area contributed by atoms with Gasteiger partial charge in [0.2, 0.25) is 0 Å². The summed E-state index contributed by atoms with van der Waals surface area (Å²) in [6, 6.07) is 6.95. The quantitative estimate of drug-likeness (QED) is 0.751. The van der Waals surface area contributed by atoms with Gasteiger partial charge >= 0.3 is 6.18 Å². The molecule has 28 heavy (non-hydrogen) atoms. The molecule has 2 saturated heterocycles. The summed E-state index contributed by atoms with van der Waals surface area (Å²) in [7, 11) is 0. The molecular weight excluding hydrogens is 367 g/mol. The molecular formula is C21H26F3N3O. The fraction of sp³-hybridized carbons (Fsp3) is 0.571. The second-order valence-electron chi connectivity index (χ2n) is 7.81. The van der Waals surface area contributed by atoms with E-state index in [1.807, 2.05) is 6.20 Å². The van der Waals surface area contributed by atoms with Crippen molar-refractivity contribution in [3.05, 3.63) is 42.2 Å². The maximum atomic E-state index is 12.6. The number of halogens is 3. The zero-order valence-corrected chi connectivity index (χ0v) is 15.9. The maximum Gasteiger partial charge on any atom is 0.393 e. The number of hydrogen-bond acceptors (Lipinski definition) is 3. The van der Waals surface area contributed by atoms with Gasteiger partial charge in [0.25, 0.3) is 0 Å². The summed E-state index contributed by atoms with van der Waals surface area (Å²) in [4.78, 5) is 6.96. The molecule has 1 unspecified atom stereocenters. The van der Waals surface area contributed by atoms with Crippen LogP contribution >= 0.6 is 0 Å². The SMILES string of the molecule is FC(F)(F)Cc1ccc(-c2nccn2C2CCN(CC3CCCO3)CC2)cc1. The van der Waals surface area contributed by atoms with Crippen molar-refractivity contribution in [2.24, 2.45) is 0 Å². The summed E-state index contributed by atoms with van der Waals surface area (Å²) in [6.45, 7) is 3.98. The summed E-state index contributed by atoms with van der Waals surface area (Å²) in [6.07, 6.45) is 3.48. The Labute approximate surface area is 163 Å². The number of nitrogens with zero attached hydrogens (tertiary/aromatic N) is 3. The Kier molecular flexibility index (Phi) is 5.73. The number of benzene rings is 1. The molecule has 0 aliphatic carbocycles. The number of ether oxygens (including phenoxy) is 1. The first-order valence-corrected chi connectivity index (χ1v) is 10.0. The van der Waals surface area contributed by atoms with Crippen molar-refractivity contribution < 1.29 is 17.9 Å². The molecule has 4 rings (SSSR count). The third-order valence-corrected chi connectivity index (χ3v) is 5.72. The average molecular weight is 393 g/mol. The number of alkyl halides is 3. The van der Waals surface area contributed by atoms with Crippen molar-refractivity contribution in [3.63, 3.8) is 0 Å². The molecule has 1 aromatic carbocycles. The lowest BCUT2D eigenvalue weighted by Crippen LogP contribution is -2.39. The van der Waals surface area contributed by atoms with Crippen molar-refractivity contribution in [3.8, 4) is 11.4 Å². The molecule has 0 N–H and O–H groups in total. The predicted molar refractivity (Wildman–Crippen MR) is 101 cm³/mol. The molecule has 0 radical (unpaired) electrons. The van der Waals surface area contributed by atoms with Crippen LogP contribution in [0.4, 0.5) is 13.2 Å². The van der Waals surface area contributed by atoms with Crippen molar-refractivity contribution in [2.45, 2.75) is 50.4 Å². The molecule has 1 aromatic heterocycles. The van der Waals surface area contributed by atoms with E-state index in [0.717, 1.165) is 56.9 Å². The molecule has 7 heteroatoms. The molecule has 0 amide bonds. The molecule has 2 fully saturated rings. The highest BCUT2D eigenvalue weighted by molar-refractivity contribution is 5.56. The first kappa shape index (κ1) is 19.5. The third-order valence-electron chi connectivity index (χ3n) is 5.72. The van der Waals surface area contributed by atoms with Gasteiger partial charge in [-0.3, -0.25) is 0 Å². The van der Waals surface area contributed by atoms with Crippen molar-refractivity contribution in [1.82, 2.24) is 14.5 Å². The Bertz CT molecular complexity index is 758. The maximum absolute atomic E-state index is 12.6. The number of hydrogen-bond donors (Lipinski definition) is 0. The lowest BCUT2D eigenvalue weighted by Gasteiger charge is -2.34. The van der Waals surface area contributed by atoms with E-state index in [4.69, 9.17) is 4.74 Å². The zero-order chi connectivity index (χ0) is 19.6. The van der Waals surface area contributed by atoms with Crippen LogP contribution in [0.1, 0.15) is 37.3 Å². The number of likely N-dealkylation sites (tertiary alicyclic amines) is 1. The van der Waals surface area contributed by atoms with Gasteiger partial charge in [-0.15, -0.1) is 0 Å². The summed E-state index contributed by atoms with van der Waals surface area (Å²) in [5, 5.41) is 0. The van der Waals surface area contributed by atoms with Crippen LogP contribution in [-0.2, 0) is 11.2 Å². The highest BCUT2D eigenvalue weighted by Crippen LogP contribution is 2.30. The second-order valence-corrected chi connectivity index (χ2v) is 7.81. The Morgan fingerprint density at radius 2 is 1.82 bits per heavy atom. The minimum atomic E-state index is -4.18. The number of piperidine rings is 1. The number of imidazole rings is 1. The van der Waals surface area contributed by atoms with E-state index in [1.54, 1.807) is 30.5 Å². The molecule has 0 bridgehead atoms. The lowest BCUT2D eigenvalue weighted by molar-refractivity contribution is -0.127. The molecule has 0 spiro atoms. The van der Waals surface area contributed by atoms with Crippen LogP contribution in [0.25, 0.3) is 11.4 Å². The standard InChI is InChI=1S/C21H26F3N3O/c22-21(23,24)14-16-3-5-17(6-4-16)20-25-9-12-27(20)18-7-10-26(11-8-18)15-19-2-1-13-28-19/h3-6,9,12,18-19H,1-2,7-8,10-11,13-15H2. The normalized spacial score (nSPS) is 22.0. The summed E-state index contributed by atoms with van der Waals surface area (Å²) >= 11 is 0. The van der Waals surface area contributed by atoms with E-state index < -0.39 is 12.6 Å². The topological polar surface area (TPSA) is 30.3 Å². The Morgan fingerprint density at radius 3 is 2.46 bits per heavy atom. The van der Waals surface area contributed by atoms with Gasteiger partial charge in [-0.2, -0.15) is 13.2 Å². The van der Waals surface area contributed by atoms with Gasteiger partial charge in [0.1, 0.15) is 5.82 Å². The Morgan fingerprint density at radius 1 is 1.07 bits per heavy atom. The van der Waals surface area contributed by atoms with Crippen LogP contribution in [0.15, 0.2) is 36.7 Å². The molecule has 4 nitrogen and oxygen atoms in total. The minimum absolute atomic E-state index is 0.275. The van der Waals surface area contributed by atoms with Crippen LogP contribution in [0.3, 0.4) is 0 Å². The lowest BCUT2D eigenvalue weighted by atomic mass is 10.0. The van der Waals surface area contributed by atoms with Gasteiger partial charge in [0.05, 0.1) is 12.5 Å². The molecule has 0 saturated carbocycles. The molecule has 1 atom stereocenters. The molecule has 2 aromatic rings. The van der Waals surface area contributed by atoms with E-state index in [2.05, 4.69) is 14.5 Å². The van der Waals surface area contributed by atoms with Gasteiger partial charge in [-0.05, 0) is 31.2 Å². The number of rotatable bonds is 5. The van der Waals surface area contributed by atoms with Crippen molar-refractivity contribution in [1.29, 1.82) is 0 Å². The van der Waals surface area contributed by atoms with Crippen LogP contribution in [-0.4, -0.2) is 53.0 Å². The van der Waals surface area contributed by atoms with Gasteiger partial charge < -0.3 is 14.2 Å². The Hall–Kier alpha value is -1.86. The molecule has 2 aliphatic rings. The molecule has 2 aliphatic heterocycles. The predicted octanol–water partition coefficient (Wildman–Crippen LogP) is 4.47. The second kappa shape index (κ2) is 8.25. The Balaban J connectivity index is 1.39. The summed E-state index contributed by atoms with van der Waals surface area (Å²) in [5.41, 5.74) is 1.13. The van der Waals surface area contributed by atoms with Gasteiger partial charge in [0.15, 0.2) is 0 Å². The van der Waals surface area contributed by atoms with Crippen molar-refractivity contribution >= 4 is 0 Å². The largest absolute Gasteiger partial charge is 0.393 e. The van der Waals surface area contributed by atoms with E-state index in [0.29, 0.717) is 12.1 Å². The van der Waals surface area contributed by atoms with E-state index >= 15 is 0 Å². The van der Waals surface area contributed by atoms with Crippen LogP contribution < -0.4 is 0 Å². The molecule has 3 heterocycles. The van der Waals surface area contributed by atoms with Crippen molar-refractivity contribution in [2.75, 3.05) is 26.2 Å². The zero-order valence-electron chi connectivity index (χ0n) is 15.9. The van der Waals surface area contributed by atoms with Crippen LogP contribution in [0, 0.1) is 0 Å².